The number of hydrogen-bond acceptors (Lipinski definition) is 1. The van der Waals surface area contributed by atoms with Crippen molar-refractivity contribution in [3.63, 3.8) is 0 Å². The smallest absolute Gasteiger partial charge is 0.190 e. The lowest BCUT2D eigenvalue weighted by atomic mass is 9.98. The molecule has 1 aromatic rings. The first-order valence-corrected chi connectivity index (χ1v) is 5.26. The van der Waals surface area contributed by atoms with E-state index in [0.29, 0.717) is 12.1 Å². The standard InChI is InChI=1S/C13H13NO/c1-9-7-10-5-3-4-6-13(15)11(10)8-12(9)14-2/h7-8H,3-6H2,1H3. The molecule has 0 spiro atoms. The molecule has 0 unspecified atom stereocenters. The van der Waals surface area contributed by atoms with E-state index in [4.69, 9.17) is 6.57 Å². The highest BCUT2D eigenvalue weighted by Crippen LogP contribution is 2.28. The molecule has 0 atom stereocenters. The largest absolute Gasteiger partial charge is 0.294 e. The first kappa shape index (κ1) is 9.92. The lowest BCUT2D eigenvalue weighted by Crippen LogP contribution is -2.00. The maximum atomic E-state index is 11.8. The van der Waals surface area contributed by atoms with Crippen LogP contribution in [0.15, 0.2) is 12.1 Å². The van der Waals surface area contributed by atoms with Gasteiger partial charge in [-0.1, -0.05) is 6.07 Å². The van der Waals surface area contributed by atoms with Gasteiger partial charge in [0, 0.05) is 12.0 Å². The van der Waals surface area contributed by atoms with Crippen LogP contribution in [0.5, 0.6) is 0 Å². The Bertz CT molecular complexity index is 454. The predicted molar refractivity (Wildman–Crippen MR) is 59.3 cm³/mol. The first-order valence-electron chi connectivity index (χ1n) is 5.26. The van der Waals surface area contributed by atoms with Crippen LogP contribution >= 0.6 is 0 Å². The molecule has 0 N–H and O–H groups in total. The van der Waals surface area contributed by atoms with E-state index >= 15 is 0 Å². The summed E-state index contributed by atoms with van der Waals surface area (Å²) in [5.74, 6) is 0.201. The molecule has 0 aromatic heterocycles. The summed E-state index contributed by atoms with van der Waals surface area (Å²) in [6.45, 7) is 8.97. The molecule has 0 amide bonds. The van der Waals surface area contributed by atoms with E-state index in [0.717, 1.165) is 36.0 Å². The molecular formula is C13H13NO. The number of aryl methyl sites for hydroxylation is 2. The average Bonchev–Trinajstić information content (AvgIpc) is 2.40. The number of benzene rings is 1. The van der Waals surface area contributed by atoms with Gasteiger partial charge in [-0.3, -0.25) is 4.79 Å². The number of fused-ring (bicyclic) bond motifs is 1. The summed E-state index contributed by atoms with van der Waals surface area (Å²) in [5.41, 5.74) is 3.51. The van der Waals surface area contributed by atoms with Crippen LogP contribution in [0.25, 0.3) is 4.85 Å². The van der Waals surface area contributed by atoms with Crippen molar-refractivity contribution in [3.05, 3.63) is 40.2 Å². The molecular weight excluding hydrogens is 186 g/mol. The molecule has 15 heavy (non-hydrogen) atoms. The van der Waals surface area contributed by atoms with E-state index < -0.39 is 0 Å². The van der Waals surface area contributed by atoms with Crippen LogP contribution in [0.2, 0.25) is 0 Å². The van der Waals surface area contributed by atoms with E-state index in [1.54, 1.807) is 6.07 Å². The number of Topliss-reactive ketones (excluding diaryl/α,β-unsaturated/α-hetero) is 1. The summed E-state index contributed by atoms with van der Waals surface area (Å²) < 4.78 is 0. The molecule has 0 saturated heterocycles. The van der Waals surface area contributed by atoms with E-state index in [1.807, 2.05) is 13.0 Å². The van der Waals surface area contributed by atoms with Crippen molar-refractivity contribution in [3.8, 4) is 0 Å². The summed E-state index contributed by atoms with van der Waals surface area (Å²) in [6.07, 6.45) is 3.66. The lowest BCUT2D eigenvalue weighted by molar-refractivity contribution is 0.0982. The maximum Gasteiger partial charge on any atom is 0.190 e. The van der Waals surface area contributed by atoms with Crippen molar-refractivity contribution < 1.29 is 4.79 Å². The molecule has 0 bridgehead atoms. The van der Waals surface area contributed by atoms with Gasteiger partial charge < -0.3 is 0 Å². The Balaban J connectivity index is 2.58. The molecule has 76 valence electrons. The topological polar surface area (TPSA) is 21.4 Å². The summed E-state index contributed by atoms with van der Waals surface area (Å²) in [6, 6.07) is 3.78. The van der Waals surface area contributed by atoms with Crippen LogP contribution in [0.4, 0.5) is 5.69 Å². The minimum atomic E-state index is 0.201. The lowest BCUT2D eigenvalue weighted by Gasteiger charge is -2.07. The van der Waals surface area contributed by atoms with Gasteiger partial charge in [0.05, 0.1) is 6.57 Å². The molecule has 1 aliphatic rings. The zero-order valence-electron chi connectivity index (χ0n) is 8.84. The SMILES string of the molecule is [C-]#[N+]c1cc2c(cc1C)CCCCC2=O. The van der Waals surface area contributed by atoms with Gasteiger partial charge in [-0.05, 0) is 43.4 Å². The Morgan fingerprint density at radius 1 is 1.27 bits per heavy atom. The third kappa shape index (κ3) is 1.78. The van der Waals surface area contributed by atoms with Crippen LogP contribution in [0.3, 0.4) is 0 Å². The minimum absolute atomic E-state index is 0.201. The third-order valence-corrected chi connectivity index (χ3v) is 2.94. The van der Waals surface area contributed by atoms with Gasteiger partial charge in [0.1, 0.15) is 0 Å². The maximum absolute atomic E-state index is 11.8. The van der Waals surface area contributed by atoms with Crippen molar-refractivity contribution in [1.82, 2.24) is 0 Å². The van der Waals surface area contributed by atoms with Gasteiger partial charge in [0.25, 0.3) is 0 Å². The van der Waals surface area contributed by atoms with Crippen molar-refractivity contribution >= 4 is 11.5 Å². The minimum Gasteiger partial charge on any atom is -0.294 e. The van der Waals surface area contributed by atoms with Gasteiger partial charge in [-0.15, -0.1) is 0 Å². The van der Waals surface area contributed by atoms with Gasteiger partial charge in [-0.25, -0.2) is 4.85 Å². The van der Waals surface area contributed by atoms with Crippen LogP contribution in [0.1, 0.15) is 40.7 Å². The Kier molecular flexibility index (Phi) is 2.55. The molecule has 0 radical (unpaired) electrons. The van der Waals surface area contributed by atoms with Crippen molar-refractivity contribution in [2.24, 2.45) is 0 Å². The molecule has 2 nitrogen and oxygen atoms in total. The monoisotopic (exact) mass is 199 g/mol. The highest BCUT2D eigenvalue weighted by atomic mass is 16.1. The quantitative estimate of drug-likeness (QED) is 0.463. The highest BCUT2D eigenvalue weighted by Gasteiger charge is 2.16. The average molecular weight is 199 g/mol. The summed E-state index contributed by atoms with van der Waals surface area (Å²) in [4.78, 5) is 15.2. The number of carbonyl (C=O) groups is 1. The fourth-order valence-corrected chi connectivity index (χ4v) is 2.08. The van der Waals surface area contributed by atoms with Crippen LogP contribution in [0, 0.1) is 13.5 Å². The number of nitrogens with zero attached hydrogens (tertiary/aromatic N) is 1. The summed E-state index contributed by atoms with van der Waals surface area (Å²) in [5, 5.41) is 0. The van der Waals surface area contributed by atoms with Crippen molar-refractivity contribution in [2.75, 3.05) is 0 Å². The summed E-state index contributed by atoms with van der Waals surface area (Å²) in [7, 11) is 0. The first-order chi connectivity index (χ1) is 7.22. The highest BCUT2D eigenvalue weighted by molar-refractivity contribution is 5.99. The number of carbonyl (C=O) groups excluding carboxylic acids is 1. The van der Waals surface area contributed by atoms with Gasteiger partial charge in [0.15, 0.2) is 11.5 Å². The Labute approximate surface area is 89.7 Å². The predicted octanol–water partition coefficient (Wildman–Crippen LogP) is 3.45. The van der Waals surface area contributed by atoms with E-state index in [-0.39, 0.29) is 5.78 Å². The zero-order chi connectivity index (χ0) is 10.8. The fraction of sp³-hybridized carbons (Fsp3) is 0.385. The van der Waals surface area contributed by atoms with E-state index in [1.165, 1.54) is 0 Å². The molecule has 0 saturated carbocycles. The molecule has 0 aliphatic heterocycles. The fourth-order valence-electron chi connectivity index (χ4n) is 2.08. The van der Waals surface area contributed by atoms with Crippen molar-refractivity contribution in [2.45, 2.75) is 32.6 Å². The van der Waals surface area contributed by atoms with Gasteiger partial charge in [0.2, 0.25) is 0 Å². The van der Waals surface area contributed by atoms with E-state index in [9.17, 15) is 4.79 Å². The van der Waals surface area contributed by atoms with Crippen LogP contribution in [-0.2, 0) is 6.42 Å². The molecule has 1 aromatic carbocycles. The second-order valence-corrected chi connectivity index (χ2v) is 4.04. The zero-order valence-corrected chi connectivity index (χ0v) is 8.84. The Hall–Kier alpha value is -1.62. The third-order valence-electron chi connectivity index (χ3n) is 2.94. The summed E-state index contributed by atoms with van der Waals surface area (Å²) >= 11 is 0. The number of rotatable bonds is 0. The van der Waals surface area contributed by atoms with Gasteiger partial charge >= 0.3 is 0 Å². The van der Waals surface area contributed by atoms with Gasteiger partial charge in [-0.2, -0.15) is 0 Å². The normalized spacial score (nSPS) is 15.3. The molecule has 0 fully saturated rings. The number of ketones is 1. The molecule has 0 heterocycles. The molecule has 1 aliphatic carbocycles. The Morgan fingerprint density at radius 2 is 2.00 bits per heavy atom. The second-order valence-electron chi connectivity index (χ2n) is 4.04. The Morgan fingerprint density at radius 3 is 2.73 bits per heavy atom. The van der Waals surface area contributed by atoms with E-state index in [2.05, 4.69) is 4.85 Å². The van der Waals surface area contributed by atoms with Crippen LogP contribution in [-0.4, -0.2) is 5.78 Å². The second kappa shape index (κ2) is 3.86. The van der Waals surface area contributed by atoms with Crippen molar-refractivity contribution in [1.29, 1.82) is 0 Å². The molecule has 2 heteroatoms. The molecule has 2 rings (SSSR count). The van der Waals surface area contributed by atoms with Crippen LogP contribution < -0.4 is 0 Å². The number of hydrogen-bond donors (Lipinski definition) is 0.